The first-order valence-electron chi connectivity index (χ1n) is 7.45. The fourth-order valence-electron chi connectivity index (χ4n) is 2.92. The lowest BCUT2D eigenvalue weighted by Gasteiger charge is -2.34. The average molecular weight is 333 g/mol. The maximum absolute atomic E-state index is 14.2. The Bertz CT molecular complexity index is 869. The second-order valence-electron chi connectivity index (χ2n) is 5.89. The van der Waals surface area contributed by atoms with Crippen LogP contribution in [-0.4, -0.2) is 17.3 Å². The number of halogens is 1. The lowest BCUT2D eigenvalue weighted by atomic mass is 9.77. The Balaban J connectivity index is 1.85. The molecule has 5 nitrogen and oxygen atoms in total. The Morgan fingerprint density at radius 3 is 2.96 bits per heavy atom. The van der Waals surface area contributed by atoms with Gasteiger partial charge in [0.25, 0.3) is 5.89 Å². The van der Waals surface area contributed by atoms with Gasteiger partial charge in [-0.15, -0.1) is 11.3 Å². The summed E-state index contributed by atoms with van der Waals surface area (Å²) < 4.78 is 25.7. The first-order valence-corrected chi connectivity index (χ1v) is 8.26. The van der Waals surface area contributed by atoms with Gasteiger partial charge in [0, 0.05) is 22.8 Å². The minimum Gasteiger partial charge on any atom is -0.380 e. The highest BCUT2D eigenvalue weighted by atomic mass is 32.1. The van der Waals surface area contributed by atoms with E-state index in [0.717, 1.165) is 34.4 Å². The SMILES string of the molecule is COCc1c(-c2nc(C3(N)CCC3)no2)sc2cccc(F)c12. The molecule has 3 aromatic rings. The molecule has 0 saturated heterocycles. The van der Waals surface area contributed by atoms with Crippen LogP contribution in [0, 0.1) is 5.82 Å². The van der Waals surface area contributed by atoms with Crippen LogP contribution in [0.5, 0.6) is 0 Å². The van der Waals surface area contributed by atoms with Gasteiger partial charge in [0.1, 0.15) is 5.82 Å². The van der Waals surface area contributed by atoms with Crippen LogP contribution in [0.3, 0.4) is 0 Å². The van der Waals surface area contributed by atoms with Crippen molar-refractivity contribution in [3.8, 4) is 10.8 Å². The van der Waals surface area contributed by atoms with E-state index in [-0.39, 0.29) is 12.4 Å². The Hall–Kier alpha value is -1.83. The van der Waals surface area contributed by atoms with Crippen molar-refractivity contribution in [3.63, 3.8) is 0 Å². The average Bonchev–Trinajstić information content (AvgIpc) is 3.11. The third-order valence-corrected chi connectivity index (χ3v) is 5.55. The van der Waals surface area contributed by atoms with Gasteiger partial charge in [0.2, 0.25) is 0 Å². The van der Waals surface area contributed by atoms with Crippen LogP contribution in [0.15, 0.2) is 22.7 Å². The molecule has 7 heteroatoms. The van der Waals surface area contributed by atoms with Crippen molar-refractivity contribution >= 4 is 21.4 Å². The van der Waals surface area contributed by atoms with Gasteiger partial charge in [0.05, 0.1) is 17.0 Å². The summed E-state index contributed by atoms with van der Waals surface area (Å²) in [4.78, 5) is 5.22. The monoisotopic (exact) mass is 333 g/mol. The number of fused-ring (bicyclic) bond motifs is 1. The first kappa shape index (κ1) is 14.7. The third kappa shape index (κ3) is 2.27. The Morgan fingerprint density at radius 1 is 1.43 bits per heavy atom. The quantitative estimate of drug-likeness (QED) is 0.790. The highest BCUT2D eigenvalue weighted by Crippen LogP contribution is 2.42. The zero-order valence-corrected chi connectivity index (χ0v) is 13.5. The number of hydrogen-bond acceptors (Lipinski definition) is 6. The molecule has 1 saturated carbocycles. The third-order valence-electron chi connectivity index (χ3n) is 4.36. The standard InChI is InChI=1S/C16H16FN3O2S/c1-21-8-9-12-10(17)4-2-5-11(12)23-13(9)14-19-15(20-22-14)16(18)6-3-7-16/h2,4-5H,3,6-8,18H2,1H3. The predicted octanol–water partition coefficient (Wildman–Crippen LogP) is 3.57. The van der Waals surface area contributed by atoms with E-state index in [1.165, 1.54) is 17.4 Å². The van der Waals surface area contributed by atoms with Crippen molar-refractivity contribution < 1.29 is 13.7 Å². The predicted molar refractivity (Wildman–Crippen MR) is 85.5 cm³/mol. The molecule has 0 spiro atoms. The van der Waals surface area contributed by atoms with Gasteiger partial charge in [-0.3, -0.25) is 0 Å². The molecule has 1 aliphatic carbocycles. The number of aromatic nitrogens is 2. The van der Waals surface area contributed by atoms with Gasteiger partial charge in [-0.1, -0.05) is 11.2 Å². The van der Waals surface area contributed by atoms with Gasteiger partial charge in [-0.2, -0.15) is 4.98 Å². The van der Waals surface area contributed by atoms with Crippen LogP contribution < -0.4 is 5.73 Å². The van der Waals surface area contributed by atoms with E-state index in [0.29, 0.717) is 17.1 Å². The Labute approximate surface area is 136 Å². The second kappa shape index (κ2) is 5.36. The van der Waals surface area contributed by atoms with Crippen molar-refractivity contribution in [2.75, 3.05) is 7.11 Å². The molecule has 4 rings (SSSR count). The van der Waals surface area contributed by atoms with Crippen LogP contribution in [0.1, 0.15) is 30.7 Å². The van der Waals surface area contributed by atoms with Gasteiger partial charge in [-0.05, 0) is 31.4 Å². The van der Waals surface area contributed by atoms with E-state index < -0.39 is 5.54 Å². The number of thiophene rings is 1. The summed E-state index contributed by atoms with van der Waals surface area (Å²) in [5.41, 5.74) is 6.50. The van der Waals surface area contributed by atoms with Crippen LogP contribution in [0.2, 0.25) is 0 Å². The summed E-state index contributed by atoms with van der Waals surface area (Å²) in [6.07, 6.45) is 2.79. The minimum atomic E-state index is -0.481. The normalized spacial score (nSPS) is 16.7. The minimum absolute atomic E-state index is 0.272. The van der Waals surface area contributed by atoms with E-state index in [4.69, 9.17) is 15.0 Å². The summed E-state index contributed by atoms with van der Waals surface area (Å²) >= 11 is 1.42. The fraction of sp³-hybridized carbons (Fsp3) is 0.375. The zero-order valence-electron chi connectivity index (χ0n) is 12.6. The van der Waals surface area contributed by atoms with Crippen molar-refractivity contribution in [1.82, 2.24) is 10.1 Å². The topological polar surface area (TPSA) is 74.2 Å². The van der Waals surface area contributed by atoms with Gasteiger partial charge >= 0.3 is 0 Å². The summed E-state index contributed by atoms with van der Waals surface area (Å²) in [7, 11) is 1.58. The Morgan fingerprint density at radius 2 is 2.26 bits per heavy atom. The highest BCUT2D eigenvalue weighted by molar-refractivity contribution is 7.22. The molecule has 120 valence electrons. The molecule has 0 radical (unpaired) electrons. The number of ether oxygens (including phenoxy) is 1. The first-order chi connectivity index (χ1) is 11.1. The molecule has 2 heterocycles. The lowest BCUT2D eigenvalue weighted by molar-refractivity contribution is 0.186. The molecule has 0 amide bonds. The van der Waals surface area contributed by atoms with Crippen molar-refractivity contribution in [3.05, 3.63) is 35.4 Å². The number of hydrogen-bond donors (Lipinski definition) is 1. The molecule has 0 atom stereocenters. The number of nitrogens with two attached hydrogens (primary N) is 1. The number of nitrogens with zero attached hydrogens (tertiary/aromatic N) is 2. The van der Waals surface area contributed by atoms with Crippen LogP contribution in [-0.2, 0) is 16.9 Å². The summed E-state index contributed by atoms with van der Waals surface area (Å²) in [6.45, 7) is 0.280. The summed E-state index contributed by atoms with van der Waals surface area (Å²) in [6, 6.07) is 5.01. The van der Waals surface area contributed by atoms with E-state index in [1.54, 1.807) is 13.2 Å². The van der Waals surface area contributed by atoms with Crippen LogP contribution in [0.25, 0.3) is 20.9 Å². The van der Waals surface area contributed by atoms with Crippen molar-refractivity contribution in [2.45, 2.75) is 31.4 Å². The maximum atomic E-state index is 14.2. The number of rotatable bonds is 4. The maximum Gasteiger partial charge on any atom is 0.268 e. The molecule has 2 N–H and O–H groups in total. The summed E-state index contributed by atoms with van der Waals surface area (Å²) in [5, 5.41) is 4.60. The smallest absolute Gasteiger partial charge is 0.268 e. The second-order valence-corrected chi connectivity index (χ2v) is 6.94. The van der Waals surface area contributed by atoms with Gasteiger partial charge in [0.15, 0.2) is 5.82 Å². The molecule has 0 aliphatic heterocycles. The highest BCUT2D eigenvalue weighted by Gasteiger charge is 2.39. The molecule has 1 aliphatic rings. The van der Waals surface area contributed by atoms with E-state index in [1.807, 2.05) is 6.07 Å². The molecule has 0 bridgehead atoms. The van der Waals surface area contributed by atoms with E-state index in [9.17, 15) is 4.39 Å². The van der Waals surface area contributed by atoms with Gasteiger partial charge in [-0.25, -0.2) is 4.39 Å². The van der Waals surface area contributed by atoms with Crippen molar-refractivity contribution in [2.24, 2.45) is 5.73 Å². The largest absolute Gasteiger partial charge is 0.380 e. The van der Waals surface area contributed by atoms with E-state index in [2.05, 4.69) is 10.1 Å². The molecule has 1 fully saturated rings. The number of benzene rings is 1. The summed E-state index contributed by atoms with van der Waals surface area (Å²) in [5.74, 6) is 0.635. The molecular formula is C16H16FN3O2S. The molecule has 1 aromatic carbocycles. The van der Waals surface area contributed by atoms with Crippen LogP contribution in [0.4, 0.5) is 4.39 Å². The fourth-order valence-corrected chi connectivity index (χ4v) is 4.07. The van der Waals surface area contributed by atoms with E-state index >= 15 is 0 Å². The molecule has 2 aromatic heterocycles. The Kier molecular flexibility index (Phi) is 3.44. The van der Waals surface area contributed by atoms with Crippen molar-refractivity contribution in [1.29, 1.82) is 0 Å². The molecule has 23 heavy (non-hydrogen) atoms. The van der Waals surface area contributed by atoms with Gasteiger partial charge < -0.3 is 15.0 Å². The number of methoxy groups -OCH3 is 1. The zero-order chi connectivity index (χ0) is 16.0. The lowest BCUT2D eigenvalue weighted by Crippen LogP contribution is -2.44. The van der Waals surface area contributed by atoms with Crippen LogP contribution >= 0.6 is 11.3 Å². The molecular weight excluding hydrogens is 317 g/mol. The molecule has 0 unspecified atom stereocenters.